The first-order chi connectivity index (χ1) is 5.66. The van der Waals surface area contributed by atoms with E-state index in [-0.39, 0.29) is 5.97 Å². The van der Waals surface area contributed by atoms with Gasteiger partial charge in [0.05, 0.1) is 12.7 Å². The monoisotopic (exact) mass is 229 g/mol. The zero-order valence-electron chi connectivity index (χ0n) is 6.80. The van der Waals surface area contributed by atoms with E-state index < -0.39 is 0 Å². The van der Waals surface area contributed by atoms with Gasteiger partial charge in [-0.15, -0.1) is 0 Å². The number of hydrogen-bond donors (Lipinski definition) is 0. The third kappa shape index (κ3) is 1.64. The fourth-order valence-corrected chi connectivity index (χ4v) is 1.47. The lowest BCUT2D eigenvalue weighted by Gasteiger charge is -2.03. The fraction of sp³-hybridized carbons (Fsp3) is 0.250. The Bertz CT molecular complexity index is 292. The Hall–Kier alpha value is -0.900. The summed E-state index contributed by atoms with van der Waals surface area (Å²) >= 11 is 3.18. The van der Waals surface area contributed by atoms with Crippen molar-refractivity contribution in [1.29, 1.82) is 0 Å². The highest BCUT2D eigenvalue weighted by Gasteiger charge is 2.13. The molecule has 0 unspecified atom stereocenters. The van der Waals surface area contributed by atoms with Gasteiger partial charge in [0.15, 0.2) is 0 Å². The highest BCUT2D eigenvalue weighted by atomic mass is 79.9. The first-order valence-corrected chi connectivity index (χ1v) is 4.15. The highest BCUT2D eigenvalue weighted by molar-refractivity contribution is 9.10. The van der Waals surface area contributed by atoms with Gasteiger partial charge in [0.25, 0.3) is 0 Å². The number of carbonyl (C=O) groups excluding carboxylic acids is 1. The number of ether oxygens (including phenoxy) is 1. The van der Waals surface area contributed by atoms with Crippen molar-refractivity contribution in [2.45, 2.75) is 6.92 Å². The van der Waals surface area contributed by atoms with Gasteiger partial charge >= 0.3 is 5.97 Å². The molecule has 0 aromatic carbocycles. The minimum atomic E-state index is -0.368. The number of halogens is 1. The molecule has 12 heavy (non-hydrogen) atoms. The van der Waals surface area contributed by atoms with Gasteiger partial charge in [0.1, 0.15) is 4.60 Å². The molecule has 1 aromatic rings. The molecule has 0 fully saturated rings. The van der Waals surface area contributed by atoms with E-state index in [1.54, 1.807) is 12.3 Å². The maximum absolute atomic E-state index is 11.2. The zero-order valence-corrected chi connectivity index (χ0v) is 8.38. The van der Waals surface area contributed by atoms with Crippen LogP contribution in [-0.2, 0) is 4.74 Å². The molecule has 0 aliphatic rings. The summed E-state index contributed by atoms with van der Waals surface area (Å²) in [6, 6.07) is 1.76. The Kier molecular flexibility index (Phi) is 2.81. The Morgan fingerprint density at radius 1 is 1.67 bits per heavy atom. The van der Waals surface area contributed by atoms with E-state index in [4.69, 9.17) is 0 Å². The molecule has 0 aliphatic heterocycles. The van der Waals surface area contributed by atoms with Gasteiger partial charge in [0, 0.05) is 6.20 Å². The summed E-state index contributed by atoms with van der Waals surface area (Å²) in [5.74, 6) is -0.368. The Morgan fingerprint density at radius 2 is 2.33 bits per heavy atom. The fourth-order valence-electron chi connectivity index (χ4n) is 0.872. The molecule has 0 saturated heterocycles. The van der Waals surface area contributed by atoms with Crippen molar-refractivity contribution in [3.63, 3.8) is 0 Å². The van der Waals surface area contributed by atoms with E-state index in [1.807, 2.05) is 6.92 Å². The molecule has 0 N–H and O–H groups in total. The van der Waals surface area contributed by atoms with Gasteiger partial charge in [-0.3, -0.25) is 0 Å². The average molecular weight is 230 g/mol. The predicted octanol–water partition coefficient (Wildman–Crippen LogP) is 1.94. The number of pyridine rings is 1. The summed E-state index contributed by atoms with van der Waals surface area (Å²) in [5.41, 5.74) is 1.34. The minimum absolute atomic E-state index is 0.368. The summed E-state index contributed by atoms with van der Waals surface area (Å²) in [5, 5.41) is 0. The topological polar surface area (TPSA) is 39.2 Å². The van der Waals surface area contributed by atoms with Crippen LogP contribution in [0.15, 0.2) is 16.9 Å². The molecular weight excluding hydrogens is 222 g/mol. The van der Waals surface area contributed by atoms with Crippen molar-refractivity contribution in [2.24, 2.45) is 0 Å². The van der Waals surface area contributed by atoms with Gasteiger partial charge in [0.2, 0.25) is 0 Å². The Morgan fingerprint density at radius 3 is 2.83 bits per heavy atom. The van der Waals surface area contributed by atoms with Gasteiger partial charge in [-0.05, 0) is 34.5 Å². The SMILES string of the molecule is COC(=O)c1c(C)ccnc1Br. The molecule has 3 nitrogen and oxygen atoms in total. The molecule has 1 heterocycles. The van der Waals surface area contributed by atoms with Crippen LogP contribution < -0.4 is 0 Å². The van der Waals surface area contributed by atoms with E-state index in [2.05, 4.69) is 25.7 Å². The number of hydrogen-bond acceptors (Lipinski definition) is 3. The van der Waals surface area contributed by atoms with E-state index in [1.165, 1.54) is 7.11 Å². The molecule has 64 valence electrons. The first-order valence-electron chi connectivity index (χ1n) is 3.36. The van der Waals surface area contributed by atoms with Crippen LogP contribution in [0.2, 0.25) is 0 Å². The Labute approximate surface area is 78.9 Å². The van der Waals surface area contributed by atoms with Crippen LogP contribution in [0.5, 0.6) is 0 Å². The highest BCUT2D eigenvalue weighted by Crippen LogP contribution is 2.17. The zero-order chi connectivity index (χ0) is 9.14. The minimum Gasteiger partial charge on any atom is -0.465 e. The largest absolute Gasteiger partial charge is 0.465 e. The van der Waals surface area contributed by atoms with Crippen LogP contribution in [0.3, 0.4) is 0 Å². The van der Waals surface area contributed by atoms with Crippen molar-refractivity contribution in [3.8, 4) is 0 Å². The van der Waals surface area contributed by atoms with E-state index >= 15 is 0 Å². The summed E-state index contributed by atoms with van der Waals surface area (Å²) in [7, 11) is 1.35. The number of esters is 1. The molecule has 4 heteroatoms. The second-order valence-corrected chi connectivity index (χ2v) is 3.04. The molecule has 0 atom stereocenters. The number of rotatable bonds is 1. The maximum atomic E-state index is 11.2. The molecule has 0 bridgehead atoms. The normalized spacial score (nSPS) is 9.58. The molecule has 1 rings (SSSR count). The number of aryl methyl sites for hydroxylation is 1. The molecule has 0 aliphatic carbocycles. The number of carbonyl (C=O) groups is 1. The molecular formula is C8H8BrNO2. The second-order valence-electron chi connectivity index (χ2n) is 2.29. The Balaban J connectivity index is 3.21. The third-order valence-corrected chi connectivity index (χ3v) is 2.10. The molecule has 0 radical (unpaired) electrons. The molecule has 1 aromatic heterocycles. The van der Waals surface area contributed by atoms with E-state index in [0.717, 1.165) is 5.56 Å². The first kappa shape index (κ1) is 9.19. The summed E-state index contributed by atoms with van der Waals surface area (Å²) in [4.78, 5) is 15.1. The van der Waals surface area contributed by atoms with Gasteiger partial charge in [-0.1, -0.05) is 0 Å². The van der Waals surface area contributed by atoms with Crippen LogP contribution >= 0.6 is 15.9 Å². The summed E-state index contributed by atoms with van der Waals surface area (Å²) < 4.78 is 5.11. The number of nitrogens with zero attached hydrogens (tertiary/aromatic N) is 1. The van der Waals surface area contributed by atoms with E-state index in [0.29, 0.717) is 10.2 Å². The molecule has 0 saturated carbocycles. The lowest BCUT2D eigenvalue weighted by Crippen LogP contribution is -2.05. The number of methoxy groups -OCH3 is 1. The number of aromatic nitrogens is 1. The van der Waals surface area contributed by atoms with Crippen molar-refractivity contribution in [2.75, 3.05) is 7.11 Å². The molecule has 0 spiro atoms. The average Bonchev–Trinajstić information content (AvgIpc) is 2.03. The van der Waals surface area contributed by atoms with Crippen molar-refractivity contribution >= 4 is 21.9 Å². The summed E-state index contributed by atoms with van der Waals surface area (Å²) in [6.07, 6.45) is 1.63. The van der Waals surface area contributed by atoms with Crippen molar-refractivity contribution in [3.05, 3.63) is 28.0 Å². The van der Waals surface area contributed by atoms with Crippen LogP contribution in [0, 0.1) is 6.92 Å². The van der Waals surface area contributed by atoms with Gasteiger partial charge < -0.3 is 4.74 Å². The smallest absolute Gasteiger partial charge is 0.340 e. The van der Waals surface area contributed by atoms with E-state index in [9.17, 15) is 4.79 Å². The van der Waals surface area contributed by atoms with Crippen LogP contribution in [0.25, 0.3) is 0 Å². The third-order valence-electron chi connectivity index (χ3n) is 1.50. The van der Waals surface area contributed by atoms with Crippen LogP contribution in [0.1, 0.15) is 15.9 Å². The quantitative estimate of drug-likeness (QED) is 0.546. The van der Waals surface area contributed by atoms with Gasteiger partial charge in [-0.2, -0.15) is 0 Å². The van der Waals surface area contributed by atoms with Crippen LogP contribution in [0.4, 0.5) is 0 Å². The lowest BCUT2D eigenvalue weighted by atomic mass is 10.2. The van der Waals surface area contributed by atoms with Crippen molar-refractivity contribution in [1.82, 2.24) is 4.98 Å². The second kappa shape index (κ2) is 3.67. The maximum Gasteiger partial charge on any atom is 0.340 e. The lowest BCUT2D eigenvalue weighted by molar-refractivity contribution is 0.0598. The summed E-state index contributed by atoms with van der Waals surface area (Å²) in [6.45, 7) is 1.83. The molecule has 0 amide bonds. The van der Waals surface area contributed by atoms with Gasteiger partial charge in [-0.25, -0.2) is 9.78 Å². The standard InChI is InChI=1S/C8H8BrNO2/c1-5-3-4-10-7(9)6(5)8(11)12-2/h3-4H,1-2H3. The predicted molar refractivity (Wildman–Crippen MR) is 48.0 cm³/mol. The van der Waals surface area contributed by atoms with Crippen LogP contribution in [-0.4, -0.2) is 18.1 Å². The van der Waals surface area contributed by atoms with Crippen molar-refractivity contribution < 1.29 is 9.53 Å².